The Hall–Kier alpha value is -2.32. The summed E-state index contributed by atoms with van der Waals surface area (Å²) in [4.78, 5) is 12.6. The molecule has 2 heterocycles. The van der Waals surface area contributed by atoms with Crippen molar-refractivity contribution in [2.75, 3.05) is 26.2 Å². The lowest BCUT2D eigenvalue weighted by Gasteiger charge is -2.13. The predicted octanol–water partition coefficient (Wildman–Crippen LogP) is 1.93. The topological polar surface area (TPSA) is 80.6 Å². The van der Waals surface area contributed by atoms with Crippen molar-refractivity contribution in [2.24, 2.45) is 7.05 Å². The summed E-state index contributed by atoms with van der Waals surface area (Å²) in [5, 5.41) is 2.77. The van der Waals surface area contributed by atoms with E-state index in [9.17, 15) is 13.2 Å². The summed E-state index contributed by atoms with van der Waals surface area (Å²) in [5.41, 5.74) is 1.41. The Kier molecular flexibility index (Phi) is 5.86. The number of carbonyl (C=O) groups is 1. The van der Waals surface area contributed by atoms with Crippen LogP contribution in [-0.2, 0) is 17.1 Å². The molecule has 146 valence electrons. The Morgan fingerprint density at radius 2 is 1.96 bits per heavy atom. The molecule has 0 unspecified atom stereocenters. The van der Waals surface area contributed by atoms with Crippen molar-refractivity contribution in [3.8, 4) is 5.75 Å². The van der Waals surface area contributed by atoms with E-state index < -0.39 is 10.0 Å². The fourth-order valence-electron chi connectivity index (χ4n) is 3.11. The lowest BCUT2D eigenvalue weighted by atomic mass is 10.2. The maximum atomic E-state index is 12.6. The number of aryl methyl sites for hydroxylation is 2. The van der Waals surface area contributed by atoms with E-state index in [1.54, 1.807) is 11.6 Å². The molecule has 0 radical (unpaired) electrons. The predicted molar refractivity (Wildman–Crippen MR) is 102 cm³/mol. The number of carbonyl (C=O) groups excluding carboxylic acids is 1. The average Bonchev–Trinajstić information content (AvgIpc) is 3.29. The molecule has 8 heteroatoms. The number of nitrogens with one attached hydrogen (secondary N) is 1. The van der Waals surface area contributed by atoms with Crippen LogP contribution in [0.15, 0.2) is 41.4 Å². The third kappa shape index (κ3) is 4.51. The molecule has 0 spiro atoms. The van der Waals surface area contributed by atoms with Gasteiger partial charge in [-0.3, -0.25) is 4.79 Å². The Morgan fingerprint density at radius 3 is 2.67 bits per heavy atom. The first-order chi connectivity index (χ1) is 12.9. The molecule has 1 amide bonds. The van der Waals surface area contributed by atoms with Crippen LogP contribution in [0.5, 0.6) is 5.75 Å². The number of nitrogens with zero attached hydrogens (tertiary/aromatic N) is 2. The molecule has 0 atom stereocenters. The van der Waals surface area contributed by atoms with Gasteiger partial charge in [-0.25, -0.2) is 8.42 Å². The van der Waals surface area contributed by atoms with Crippen molar-refractivity contribution >= 4 is 15.9 Å². The molecule has 3 rings (SSSR count). The number of ether oxygens (including phenoxy) is 1. The second-order valence-corrected chi connectivity index (χ2v) is 8.64. The highest BCUT2D eigenvalue weighted by molar-refractivity contribution is 7.89. The van der Waals surface area contributed by atoms with Gasteiger partial charge in [-0.2, -0.15) is 4.31 Å². The summed E-state index contributed by atoms with van der Waals surface area (Å²) < 4.78 is 33.9. The van der Waals surface area contributed by atoms with E-state index in [1.807, 2.05) is 31.2 Å². The van der Waals surface area contributed by atoms with Gasteiger partial charge in [0.05, 0.1) is 6.54 Å². The maximum Gasteiger partial charge on any atom is 0.268 e. The molecule has 1 N–H and O–H groups in total. The standard InChI is InChI=1S/C19H25N3O4S/c1-15-6-5-7-16(12-15)26-11-8-20-19(23)18-13-17(14-21(18)2)27(24,25)22-9-3-4-10-22/h5-7,12-14H,3-4,8-11H2,1-2H3,(H,20,23). The van der Waals surface area contributed by atoms with Gasteiger partial charge in [0.2, 0.25) is 10.0 Å². The Bertz CT molecular complexity index is 915. The second kappa shape index (κ2) is 8.14. The lowest BCUT2D eigenvalue weighted by Crippen LogP contribution is -2.29. The van der Waals surface area contributed by atoms with Crippen LogP contribution in [-0.4, -0.2) is 49.4 Å². The summed E-state index contributed by atoms with van der Waals surface area (Å²) in [7, 11) is -1.86. The van der Waals surface area contributed by atoms with Gasteiger partial charge < -0.3 is 14.6 Å². The minimum absolute atomic E-state index is 0.160. The third-order valence-electron chi connectivity index (χ3n) is 4.56. The highest BCUT2D eigenvalue weighted by Crippen LogP contribution is 2.22. The first-order valence-corrected chi connectivity index (χ1v) is 10.5. The third-order valence-corrected chi connectivity index (χ3v) is 6.43. The number of rotatable bonds is 7. The van der Waals surface area contributed by atoms with Gasteiger partial charge in [-0.15, -0.1) is 0 Å². The molecule has 0 bridgehead atoms. The summed E-state index contributed by atoms with van der Waals surface area (Å²) in [6.45, 7) is 3.71. The molecular formula is C19H25N3O4S. The molecular weight excluding hydrogens is 366 g/mol. The molecule has 1 aliphatic rings. The van der Waals surface area contributed by atoms with Crippen molar-refractivity contribution < 1.29 is 17.9 Å². The van der Waals surface area contributed by atoms with E-state index in [-0.39, 0.29) is 10.8 Å². The summed E-state index contributed by atoms with van der Waals surface area (Å²) in [6, 6.07) is 9.12. The quantitative estimate of drug-likeness (QED) is 0.732. The van der Waals surface area contributed by atoms with Crippen molar-refractivity contribution in [3.05, 3.63) is 47.8 Å². The van der Waals surface area contributed by atoms with Crippen LogP contribution in [0.1, 0.15) is 28.9 Å². The van der Waals surface area contributed by atoms with Crippen LogP contribution < -0.4 is 10.1 Å². The van der Waals surface area contributed by atoms with Gasteiger partial charge >= 0.3 is 0 Å². The molecule has 0 saturated carbocycles. The van der Waals surface area contributed by atoms with Gasteiger partial charge in [0.15, 0.2) is 0 Å². The normalized spacial score (nSPS) is 15.0. The zero-order chi connectivity index (χ0) is 19.4. The Morgan fingerprint density at radius 1 is 1.22 bits per heavy atom. The van der Waals surface area contributed by atoms with E-state index in [0.29, 0.717) is 31.9 Å². The van der Waals surface area contributed by atoms with Crippen LogP contribution >= 0.6 is 0 Å². The lowest BCUT2D eigenvalue weighted by molar-refractivity contribution is 0.0939. The molecule has 7 nitrogen and oxygen atoms in total. The zero-order valence-electron chi connectivity index (χ0n) is 15.6. The monoisotopic (exact) mass is 391 g/mol. The fraction of sp³-hybridized carbons (Fsp3) is 0.421. The van der Waals surface area contributed by atoms with Gasteiger partial charge in [0.1, 0.15) is 22.9 Å². The van der Waals surface area contributed by atoms with E-state index in [2.05, 4.69) is 5.32 Å². The van der Waals surface area contributed by atoms with E-state index in [0.717, 1.165) is 24.2 Å². The Labute approximate surface area is 160 Å². The SMILES string of the molecule is Cc1cccc(OCCNC(=O)c2cc(S(=O)(=O)N3CCCC3)cn2C)c1. The minimum Gasteiger partial charge on any atom is -0.492 e. The van der Waals surface area contributed by atoms with Crippen molar-refractivity contribution in [3.63, 3.8) is 0 Å². The number of amides is 1. The number of sulfonamides is 1. The van der Waals surface area contributed by atoms with E-state index in [4.69, 9.17) is 4.74 Å². The number of aromatic nitrogens is 1. The van der Waals surface area contributed by atoms with Crippen LogP contribution in [0.4, 0.5) is 0 Å². The molecule has 0 aliphatic carbocycles. The van der Waals surface area contributed by atoms with Crippen LogP contribution in [0.25, 0.3) is 0 Å². The highest BCUT2D eigenvalue weighted by Gasteiger charge is 2.29. The molecule has 1 aliphatic heterocycles. The van der Waals surface area contributed by atoms with Crippen molar-refractivity contribution in [2.45, 2.75) is 24.7 Å². The summed E-state index contributed by atoms with van der Waals surface area (Å²) in [6.07, 6.45) is 3.24. The number of hydrogen-bond donors (Lipinski definition) is 1. The molecule has 1 saturated heterocycles. The van der Waals surface area contributed by atoms with E-state index in [1.165, 1.54) is 16.6 Å². The molecule has 1 aromatic heterocycles. The van der Waals surface area contributed by atoms with Crippen LogP contribution in [0.2, 0.25) is 0 Å². The first-order valence-electron chi connectivity index (χ1n) is 9.02. The smallest absolute Gasteiger partial charge is 0.268 e. The summed E-state index contributed by atoms with van der Waals surface area (Å²) >= 11 is 0. The molecule has 1 aromatic carbocycles. The van der Waals surface area contributed by atoms with Crippen LogP contribution in [0.3, 0.4) is 0 Å². The van der Waals surface area contributed by atoms with Gasteiger partial charge in [0.25, 0.3) is 5.91 Å². The largest absolute Gasteiger partial charge is 0.492 e. The second-order valence-electron chi connectivity index (χ2n) is 6.70. The number of hydrogen-bond acceptors (Lipinski definition) is 4. The van der Waals surface area contributed by atoms with Gasteiger partial charge in [-0.05, 0) is 43.5 Å². The highest BCUT2D eigenvalue weighted by atomic mass is 32.2. The summed E-state index contributed by atoms with van der Waals surface area (Å²) in [5.74, 6) is 0.426. The zero-order valence-corrected chi connectivity index (χ0v) is 16.5. The average molecular weight is 391 g/mol. The molecule has 2 aromatic rings. The fourth-order valence-corrected chi connectivity index (χ4v) is 4.70. The first kappa shape index (κ1) is 19.4. The van der Waals surface area contributed by atoms with Crippen molar-refractivity contribution in [1.29, 1.82) is 0 Å². The van der Waals surface area contributed by atoms with Crippen molar-refractivity contribution in [1.82, 2.24) is 14.2 Å². The van der Waals surface area contributed by atoms with Gasteiger partial charge in [0, 0.05) is 26.3 Å². The Balaban J connectivity index is 1.58. The molecule has 1 fully saturated rings. The van der Waals surface area contributed by atoms with Crippen LogP contribution in [0, 0.1) is 6.92 Å². The minimum atomic E-state index is -3.53. The maximum absolute atomic E-state index is 12.6. The van der Waals surface area contributed by atoms with E-state index >= 15 is 0 Å². The van der Waals surface area contributed by atoms with Gasteiger partial charge in [-0.1, -0.05) is 12.1 Å². The number of benzene rings is 1. The molecule has 27 heavy (non-hydrogen) atoms.